The Morgan fingerprint density at radius 2 is 1.39 bits per heavy atom. The van der Waals surface area contributed by atoms with Crippen LogP contribution >= 0.6 is 0 Å². The smallest absolute Gasteiger partial charge is 0.410 e. The number of likely N-dealkylation sites (tertiary alicyclic amines) is 1. The standard InChI is InChI=1S/C30H33NO2/c1-3-24(4-2)20-28-21-30(26-16-10-6-11-17-26,27-18-12-7-13-19-27)23-31(28)29(32)33-22-25-14-8-5-9-15-25/h5-20,28H,3-4,21-23H2,1-2H3. The molecule has 1 aliphatic rings. The van der Waals surface area contributed by atoms with Crippen molar-refractivity contribution in [3.8, 4) is 0 Å². The number of hydrogen-bond acceptors (Lipinski definition) is 2. The van der Waals surface area contributed by atoms with Gasteiger partial charge in [0.05, 0.1) is 6.04 Å². The van der Waals surface area contributed by atoms with Gasteiger partial charge in [-0.05, 0) is 36.0 Å². The molecule has 0 aromatic heterocycles. The molecule has 1 amide bonds. The van der Waals surface area contributed by atoms with Crippen molar-refractivity contribution in [2.75, 3.05) is 6.54 Å². The molecule has 1 fully saturated rings. The SMILES string of the molecule is CCC(=CC1CC(c2ccccc2)(c2ccccc2)CN1C(=O)OCc1ccccc1)CC. The van der Waals surface area contributed by atoms with Gasteiger partial charge in [0.2, 0.25) is 0 Å². The molecule has 3 heteroatoms. The van der Waals surface area contributed by atoms with Gasteiger partial charge >= 0.3 is 6.09 Å². The normalized spacial score (nSPS) is 16.9. The predicted molar refractivity (Wildman–Crippen MR) is 134 cm³/mol. The summed E-state index contributed by atoms with van der Waals surface area (Å²) in [7, 11) is 0. The first-order valence-corrected chi connectivity index (χ1v) is 11.9. The number of benzene rings is 3. The molecule has 33 heavy (non-hydrogen) atoms. The van der Waals surface area contributed by atoms with E-state index in [-0.39, 0.29) is 24.2 Å². The second-order valence-corrected chi connectivity index (χ2v) is 8.79. The third kappa shape index (κ3) is 5.03. The molecule has 0 N–H and O–H groups in total. The summed E-state index contributed by atoms with van der Waals surface area (Å²) in [4.78, 5) is 15.4. The molecule has 1 heterocycles. The molecular formula is C30H33NO2. The number of nitrogens with zero attached hydrogens (tertiary/aromatic N) is 1. The summed E-state index contributed by atoms with van der Waals surface area (Å²) in [6.45, 7) is 5.25. The fourth-order valence-electron chi connectivity index (χ4n) is 4.95. The zero-order chi connectivity index (χ0) is 23.1. The van der Waals surface area contributed by atoms with Crippen LogP contribution in [0.15, 0.2) is 103 Å². The van der Waals surface area contributed by atoms with Crippen molar-refractivity contribution in [2.45, 2.75) is 51.2 Å². The summed E-state index contributed by atoms with van der Waals surface area (Å²) in [5.41, 5.74) is 4.57. The van der Waals surface area contributed by atoms with E-state index in [0.717, 1.165) is 24.8 Å². The number of ether oxygens (including phenoxy) is 1. The van der Waals surface area contributed by atoms with Crippen LogP contribution in [0.1, 0.15) is 49.8 Å². The van der Waals surface area contributed by atoms with Crippen molar-refractivity contribution in [1.29, 1.82) is 0 Å². The lowest BCUT2D eigenvalue weighted by Crippen LogP contribution is -2.37. The van der Waals surface area contributed by atoms with Gasteiger partial charge in [-0.25, -0.2) is 4.79 Å². The van der Waals surface area contributed by atoms with Crippen LogP contribution in [-0.4, -0.2) is 23.6 Å². The zero-order valence-electron chi connectivity index (χ0n) is 19.6. The van der Waals surface area contributed by atoms with Crippen LogP contribution in [0.25, 0.3) is 0 Å². The summed E-state index contributed by atoms with van der Waals surface area (Å²) in [5, 5.41) is 0. The Bertz CT molecular complexity index is 1010. The largest absolute Gasteiger partial charge is 0.445 e. The van der Waals surface area contributed by atoms with Crippen LogP contribution in [0.2, 0.25) is 0 Å². The maximum atomic E-state index is 13.4. The highest BCUT2D eigenvalue weighted by atomic mass is 16.6. The molecule has 0 bridgehead atoms. The Labute approximate surface area is 197 Å². The molecular weight excluding hydrogens is 406 g/mol. The second-order valence-electron chi connectivity index (χ2n) is 8.79. The minimum atomic E-state index is -0.276. The number of amides is 1. The van der Waals surface area contributed by atoms with Crippen LogP contribution in [0.4, 0.5) is 4.79 Å². The molecule has 170 valence electrons. The van der Waals surface area contributed by atoms with Crippen LogP contribution in [0, 0.1) is 0 Å². The highest BCUT2D eigenvalue weighted by Gasteiger charge is 2.48. The van der Waals surface area contributed by atoms with E-state index in [2.05, 4.69) is 68.5 Å². The maximum absolute atomic E-state index is 13.4. The van der Waals surface area contributed by atoms with E-state index in [1.807, 2.05) is 47.4 Å². The predicted octanol–water partition coefficient (Wildman–Crippen LogP) is 7.13. The van der Waals surface area contributed by atoms with Gasteiger partial charge in [0, 0.05) is 12.0 Å². The van der Waals surface area contributed by atoms with Gasteiger partial charge < -0.3 is 9.64 Å². The number of carbonyl (C=O) groups excluding carboxylic acids is 1. The van der Waals surface area contributed by atoms with Gasteiger partial charge in [0.25, 0.3) is 0 Å². The van der Waals surface area contributed by atoms with E-state index in [1.165, 1.54) is 16.7 Å². The van der Waals surface area contributed by atoms with E-state index >= 15 is 0 Å². The first-order valence-electron chi connectivity index (χ1n) is 11.9. The minimum Gasteiger partial charge on any atom is -0.445 e. The molecule has 1 aliphatic heterocycles. The summed E-state index contributed by atoms with van der Waals surface area (Å²) in [6.07, 6.45) is 4.87. The number of carbonyl (C=O) groups is 1. The van der Waals surface area contributed by atoms with Gasteiger partial charge in [-0.15, -0.1) is 0 Å². The first-order chi connectivity index (χ1) is 16.2. The Morgan fingerprint density at radius 3 is 1.91 bits per heavy atom. The maximum Gasteiger partial charge on any atom is 0.410 e. The molecule has 1 saturated heterocycles. The van der Waals surface area contributed by atoms with Crippen molar-refractivity contribution in [2.24, 2.45) is 0 Å². The molecule has 3 nitrogen and oxygen atoms in total. The van der Waals surface area contributed by atoms with E-state index in [1.54, 1.807) is 0 Å². The van der Waals surface area contributed by atoms with Gasteiger partial charge in [-0.1, -0.05) is 116 Å². The van der Waals surface area contributed by atoms with Crippen molar-refractivity contribution in [1.82, 2.24) is 4.90 Å². The highest BCUT2D eigenvalue weighted by molar-refractivity contribution is 5.70. The monoisotopic (exact) mass is 439 g/mol. The van der Waals surface area contributed by atoms with Gasteiger partial charge in [0.1, 0.15) is 6.61 Å². The first kappa shape index (κ1) is 22.8. The molecule has 0 saturated carbocycles. The van der Waals surface area contributed by atoms with Gasteiger partial charge in [0.15, 0.2) is 0 Å². The average Bonchev–Trinajstić information content (AvgIpc) is 3.28. The van der Waals surface area contributed by atoms with E-state index in [0.29, 0.717) is 6.54 Å². The summed E-state index contributed by atoms with van der Waals surface area (Å²) >= 11 is 0. The Balaban J connectivity index is 1.70. The number of hydrogen-bond donors (Lipinski definition) is 0. The van der Waals surface area contributed by atoms with Crippen molar-refractivity contribution >= 4 is 6.09 Å². The third-order valence-electron chi connectivity index (χ3n) is 6.83. The van der Waals surface area contributed by atoms with Crippen LogP contribution in [-0.2, 0) is 16.8 Å². The lowest BCUT2D eigenvalue weighted by Gasteiger charge is -2.30. The van der Waals surface area contributed by atoms with E-state index < -0.39 is 0 Å². The lowest BCUT2D eigenvalue weighted by atomic mass is 9.73. The summed E-state index contributed by atoms with van der Waals surface area (Å²) < 4.78 is 5.81. The molecule has 1 atom stereocenters. The lowest BCUT2D eigenvalue weighted by molar-refractivity contribution is 0.0962. The summed E-state index contributed by atoms with van der Waals surface area (Å²) in [6, 6.07) is 31.1. The number of allylic oxidation sites excluding steroid dienone is 1. The Hall–Kier alpha value is -3.33. The molecule has 0 radical (unpaired) electrons. The molecule has 0 spiro atoms. The molecule has 1 unspecified atom stereocenters. The van der Waals surface area contributed by atoms with Crippen molar-refractivity contribution < 1.29 is 9.53 Å². The fourth-order valence-corrected chi connectivity index (χ4v) is 4.95. The fraction of sp³-hybridized carbons (Fsp3) is 0.300. The average molecular weight is 440 g/mol. The summed E-state index contributed by atoms with van der Waals surface area (Å²) in [5.74, 6) is 0. The highest BCUT2D eigenvalue weighted by Crippen LogP contribution is 2.44. The minimum absolute atomic E-state index is 0.0106. The molecule has 3 aromatic carbocycles. The van der Waals surface area contributed by atoms with Crippen LogP contribution in [0.5, 0.6) is 0 Å². The third-order valence-corrected chi connectivity index (χ3v) is 6.83. The molecule has 0 aliphatic carbocycles. The Morgan fingerprint density at radius 1 is 0.879 bits per heavy atom. The zero-order valence-corrected chi connectivity index (χ0v) is 19.6. The van der Waals surface area contributed by atoms with Crippen molar-refractivity contribution in [3.05, 3.63) is 119 Å². The van der Waals surface area contributed by atoms with Crippen LogP contribution in [0.3, 0.4) is 0 Å². The Kier molecular flexibility index (Phi) is 7.29. The molecule has 3 aromatic rings. The van der Waals surface area contributed by atoms with Crippen molar-refractivity contribution in [3.63, 3.8) is 0 Å². The topological polar surface area (TPSA) is 29.5 Å². The quantitative estimate of drug-likeness (QED) is 0.367. The second kappa shape index (κ2) is 10.5. The van der Waals surface area contributed by atoms with Gasteiger partial charge in [-0.2, -0.15) is 0 Å². The van der Waals surface area contributed by atoms with E-state index in [4.69, 9.17) is 4.74 Å². The number of rotatable bonds is 7. The van der Waals surface area contributed by atoms with Crippen LogP contribution < -0.4 is 0 Å². The van der Waals surface area contributed by atoms with Gasteiger partial charge in [-0.3, -0.25) is 0 Å². The van der Waals surface area contributed by atoms with E-state index in [9.17, 15) is 4.79 Å². The molecule has 4 rings (SSSR count).